The van der Waals surface area contributed by atoms with Gasteiger partial charge in [0.1, 0.15) is 11.9 Å². The Morgan fingerprint density at radius 3 is 2.82 bits per heavy atom. The van der Waals surface area contributed by atoms with Crippen LogP contribution in [0.1, 0.15) is 11.1 Å². The molecule has 0 saturated heterocycles. The fourth-order valence-corrected chi connectivity index (χ4v) is 1.46. The van der Waals surface area contributed by atoms with Crippen LogP contribution in [-0.4, -0.2) is 4.98 Å². The number of nitriles is 1. The van der Waals surface area contributed by atoms with E-state index in [0.29, 0.717) is 17.1 Å². The van der Waals surface area contributed by atoms with Gasteiger partial charge in [0.15, 0.2) is 0 Å². The number of pyridine rings is 1. The summed E-state index contributed by atoms with van der Waals surface area (Å²) in [7, 11) is 0. The van der Waals surface area contributed by atoms with Gasteiger partial charge in [0, 0.05) is 0 Å². The molecule has 1 aromatic carbocycles. The first-order valence-corrected chi connectivity index (χ1v) is 5.19. The molecule has 0 aliphatic heterocycles. The topological polar surface area (TPSA) is 74.7 Å². The summed E-state index contributed by atoms with van der Waals surface area (Å²) >= 11 is 0. The van der Waals surface area contributed by atoms with Crippen molar-refractivity contribution in [1.29, 1.82) is 5.26 Å². The van der Waals surface area contributed by atoms with E-state index in [1.54, 1.807) is 12.3 Å². The van der Waals surface area contributed by atoms with Gasteiger partial charge >= 0.3 is 0 Å². The number of benzene rings is 1. The van der Waals surface area contributed by atoms with Crippen molar-refractivity contribution < 1.29 is 0 Å². The van der Waals surface area contributed by atoms with Gasteiger partial charge in [-0.1, -0.05) is 12.1 Å². The molecule has 1 heterocycles. The molecular formula is C13H12N4. The Balaban J connectivity index is 2.32. The Bertz CT molecular complexity index is 584. The monoisotopic (exact) mass is 224 g/mol. The highest BCUT2D eigenvalue weighted by Gasteiger charge is 2.03. The molecule has 4 nitrogen and oxygen atoms in total. The predicted octanol–water partition coefficient (Wildman–Crippen LogP) is 2.59. The van der Waals surface area contributed by atoms with Crippen LogP contribution in [0.15, 0.2) is 36.5 Å². The van der Waals surface area contributed by atoms with Crippen LogP contribution in [0.3, 0.4) is 0 Å². The molecule has 0 radical (unpaired) electrons. The number of nitrogens with zero attached hydrogens (tertiary/aromatic N) is 2. The first kappa shape index (κ1) is 11.0. The number of rotatable bonds is 2. The summed E-state index contributed by atoms with van der Waals surface area (Å²) in [4.78, 5) is 4.16. The highest BCUT2D eigenvalue weighted by atomic mass is 15.0. The highest BCUT2D eigenvalue weighted by molar-refractivity contribution is 5.65. The van der Waals surface area contributed by atoms with Gasteiger partial charge in [-0.25, -0.2) is 4.98 Å². The molecule has 0 aliphatic rings. The van der Waals surface area contributed by atoms with Gasteiger partial charge in [-0.2, -0.15) is 5.26 Å². The zero-order valence-corrected chi connectivity index (χ0v) is 9.44. The third-order valence-electron chi connectivity index (χ3n) is 2.46. The third kappa shape index (κ3) is 2.34. The molecule has 0 atom stereocenters. The standard InChI is InChI=1S/C13H12N4/c1-9-6-13(16-8-11(9)15)17-12-5-3-2-4-10(12)7-14/h2-6,8H,15H2,1H3,(H,16,17). The molecule has 0 bridgehead atoms. The summed E-state index contributed by atoms with van der Waals surface area (Å²) in [6.45, 7) is 1.92. The van der Waals surface area contributed by atoms with Crippen LogP contribution in [0.4, 0.5) is 17.2 Å². The lowest BCUT2D eigenvalue weighted by Gasteiger charge is -2.08. The Kier molecular flexibility index (Phi) is 2.93. The molecule has 2 rings (SSSR count). The van der Waals surface area contributed by atoms with Crippen LogP contribution < -0.4 is 11.1 Å². The normalized spacial score (nSPS) is 9.65. The molecule has 2 aromatic rings. The fraction of sp³-hybridized carbons (Fsp3) is 0.0769. The Hall–Kier alpha value is -2.54. The largest absolute Gasteiger partial charge is 0.397 e. The van der Waals surface area contributed by atoms with E-state index in [-0.39, 0.29) is 0 Å². The zero-order chi connectivity index (χ0) is 12.3. The minimum atomic E-state index is 0.587. The number of para-hydroxylation sites is 1. The minimum absolute atomic E-state index is 0.587. The average molecular weight is 224 g/mol. The summed E-state index contributed by atoms with van der Waals surface area (Å²) in [6, 6.07) is 11.3. The van der Waals surface area contributed by atoms with E-state index in [1.807, 2.05) is 31.2 Å². The van der Waals surface area contributed by atoms with Gasteiger partial charge in [0.05, 0.1) is 23.1 Å². The lowest BCUT2D eigenvalue weighted by Crippen LogP contribution is -1.98. The van der Waals surface area contributed by atoms with Crippen LogP contribution in [0.25, 0.3) is 0 Å². The summed E-state index contributed by atoms with van der Waals surface area (Å²) in [5, 5.41) is 12.1. The van der Waals surface area contributed by atoms with Crippen LogP contribution in [0.5, 0.6) is 0 Å². The van der Waals surface area contributed by atoms with Gasteiger partial charge < -0.3 is 11.1 Å². The minimum Gasteiger partial charge on any atom is -0.397 e. The van der Waals surface area contributed by atoms with Gasteiger partial charge in [0.2, 0.25) is 0 Å². The van der Waals surface area contributed by atoms with Crippen LogP contribution >= 0.6 is 0 Å². The molecule has 0 fully saturated rings. The number of hydrogen-bond acceptors (Lipinski definition) is 4. The van der Waals surface area contributed by atoms with Crippen molar-refractivity contribution in [3.63, 3.8) is 0 Å². The molecule has 17 heavy (non-hydrogen) atoms. The number of aryl methyl sites for hydroxylation is 1. The number of anilines is 3. The third-order valence-corrected chi connectivity index (χ3v) is 2.46. The van der Waals surface area contributed by atoms with Gasteiger partial charge in [-0.15, -0.1) is 0 Å². The summed E-state index contributed by atoms with van der Waals surface area (Å²) < 4.78 is 0. The predicted molar refractivity (Wildman–Crippen MR) is 67.8 cm³/mol. The van der Waals surface area contributed by atoms with Crippen LogP contribution in [0.2, 0.25) is 0 Å². The molecule has 0 spiro atoms. The van der Waals surface area contributed by atoms with Crippen molar-refractivity contribution in [3.8, 4) is 6.07 Å². The molecule has 1 aromatic heterocycles. The number of nitrogens with two attached hydrogens (primary N) is 1. The first-order chi connectivity index (χ1) is 8.20. The fourth-order valence-electron chi connectivity index (χ4n) is 1.46. The maximum Gasteiger partial charge on any atom is 0.130 e. The van der Waals surface area contributed by atoms with Gasteiger partial charge in [-0.05, 0) is 30.7 Å². The maximum atomic E-state index is 8.96. The SMILES string of the molecule is Cc1cc(Nc2ccccc2C#N)ncc1N. The Morgan fingerprint density at radius 1 is 1.35 bits per heavy atom. The van der Waals surface area contributed by atoms with Crippen molar-refractivity contribution in [3.05, 3.63) is 47.7 Å². The first-order valence-electron chi connectivity index (χ1n) is 5.19. The summed E-state index contributed by atoms with van der Waals surface area (Å²) in [6.07, 6.45) is 1.60. The van der Waals surface area contributed by atoms with E-state index in [1.165, 1.54) is 0 Å². The quantitative estimate of drug-likeness (QED) is 0.822. The number of aromatic nitrogens is 1. The van der Waals surface area contributed by atoms with E-state index < -0.39 is 0 Å². The Labute approximate surface area is 99.7 Å². The molecule has 0 saturated carbocycles. The smallest absolute Gasteiger partial charge is 0.130 e. The van der Waals surface area contributed by atoms with Crippen molar-refractivity contribution in [2.45, 2.75) is 6.92 Å². The van der Waals surface area contributed by atoms with E-state index >= 15 is 0 Å². The molecule has 0 unspecified atom stereocenters. The van der Waals surface area contributed by atoms with Crippen molar-refractivity contribution in [2.75, 3.05) is 11.1 Å². The number of hydrogen-bond donors (Lipinski definition) is 2. The maximum absolute atomic E-state index is 8.96. The lowest BCUT2D eigenvalue weighted by molar-refractivity contribution is 1.27. The van der Waals surface area contributed by atoms with Crippen molar-refractivity contribution in [2.24, 2.45) is 0 Å². The van der Waals surface area contributed by atoms with Gasteiger partial charge in [-0.3, -0.25) is 0 Å². The van der Waals surface area contributed by atoms with E-state index in [2.05, 4.69) is 16.4 Å². The van der Waals surface area contributed by atoms with Crippen molar-refractivity contribution >= 4 is 17.2 Å². The summed E-state index contributed by atoms with van der Waals surface area (Å²) in [5.74, 6) is 0.680. The molecule has 0 amide bonds. The second kappa shape index (κ2) is 4.54. The van der Waals surface area contributed by atoms with E-state index in [9.17, 15) is 0 Å². The number of nitrogens with one attached hydrogen (secondary N) is 1. The lowest BCUT2D eigenvalue weighted by atomic mass is 10.2. The Morgan fingerprint density at radius 2 is 2.12 bits per heavy atom. The second-order valence-electron chi connectivity index (χ2n) is 3.71. The average Bonchev–Trinajstić information content (AvgIpc) is 2.34. The van der Waals surface area contributed by atoms with E-state index in [4.69, 9.17) is 11.0 Å². The molecule has 3 N–H and O–H groups in total. The molecule has 0 aliphatic carbocycles. The highest BCUT2D eigenvalue weighted by Crippen LogP contribution is 2.20. The van der Waals surface area contributed by atoms with Gasteiger partial charge in [0.25, 0.3) is 0 Å². The van der Waals surface area contributed by atoms with E-state index in [0.717, 1.165) is 11.3 Å². The molecule has 4 heteroatoms. The molecule has 84 valence electrons. The second-order valence-corrected chi connectivity index (χ2v) is 3.71. The van der Waals surface area contributed by atoms with Crippen LogP contribution in [0, 0.1) is 18.3 Å². The van der Waals surface area contributed by atoms with Crippen molar-refractivity contribution in [1.82, 2.24) is 4.98 Å². The molecular weight excluding hydrogens is 212 g/mol. The van der Waals surface area contributed by atoms with Crippen LogP contribution in [-0.2, 0) is 0 Å². The summed E-state index contributed by atoms with van der Waals surface area (Å²) in [5.41, 5.74) is 8.64. The zero-order valence-electron chi connectivity index (χ0n) is 9.44. The number of nitrogen functional groups attached to an aromatic ring is 1.